The minimum atomic E-state index is -1.32. The Morgan fingerprint density at radius 1 is 1.12 bits per heavy atom. The summed E-state index contributed by atoms with van der Waals surface area (Å²) >= 11 is 6.56. The number of methoxy groups -OCH3 is 1. The number of rotatable bonds is 10. The molecule has 11 heteroatoms. The van der Waals surface area contributed by atoms with Crippen LogP contribution in [0.4, 0.5) is 21.6 Å². The number of carbonyl (C=O) groups is 1. The predicted octanol–water partition coefficient (Wildman–Crippen LogP) is 6.25. The van der Waals surface area contributed by atoms with Crippen LogP contribution in [0.1, 0.15) is 19.4 Å². The molecule has 0 aliphatic carbocycles. The molecule has 0 saturated heterocycles. The average molecular weight is 580 g/mol. The highest BCUT2D eigenvalue weighted by Gasteiger charge is 2.24. The van der Waals surface area contributed by atoms with Crippen LogP contribution in [-0.2, 0) is 10.4 Å². The van der Waals surface area contributed by atoms with Crippen molar-refractivity contribution >= 4 is 45.6 Å². The number of aromatic nitrogens is 2. The Labute approximate surface area is 242 Å². The Balaban J connectivity index is 1.72. The zero-order chi connectivity index (χ0) is 29.7. The van der Waals surface area contributed by atoms with E-state index in [0.717, 1.165) is 0 Å². The fourth-order valence-corrected chi connectivity index (χ4v) is 4.22. The maximum absolute atomic E-state index is 13.7. The van der Waals surface area contributed by atoms with Gasteiger partial charge in [-0.15, -0.1) is 0 Å². The van der Waals surface area contributed by atoms with Gasteiger partial charge in [-0.25, -0.2) is 14.4 Å². The van der Waals surface area contributed by atoms with E-state index in [1.165, 1.54) is 37.7 Å². The molecular weight excluding hydrogens is 549 g/mol. The van der Waals surface area contributed by atoms with Crippen molar-refractivity contribution in [2.75, 3.05) is 38.4 Å². The molecule has 0 radical (unpaired) electrons. The second kappa shape index (κ2) is 12.5. The van der Waals surface area contributed by atoms with Crippen LogP contribution in [0.15, 0.2) is 67.0 Å². The van der Waals surface area contributed by atoms with Crippen molar-refractivity contribution in [1.82, 2.24) is 14.9 Å². The summed E-state index contributed by atoms with van der Waals surface area (Å²) in [6, 6.07) is 12.3. The van der Waals surface area contributed by atoms with Gasteiger partial charge in [-0.3, -0.25) is 4.79 Å². The summed E-state index contributed by atoms with van der Waals surface area (Å²) in [5.74, 6) is 0.556. The number of carbonyl (C=O) groups excluding carboxylic acids is 1. The van der Waals surface area contributed by atoms with E-state index in [1.54, 1.807) is 50.3 Å². The van der Waals surface area contributed by atoms with Gasteiger partial charge in [-0.2, -0.15) is 0 Å². The van der Waals surface area contributed by atoms with Gasteiger partial charge in [0.15, 0.2) is 0 Å². The van der Waals surface area contributed by atoms with Crippen LogP contribution in [0.5, 0.6) is 17.2 Å². The molecule has 1 heterocycles. The largest absolute Gasteiger partial charge is 0.494 e. The smallest absolute Gasteiger partial charge is 0.248 e. The molecule has 0 atom stereocenters. The first-order chi connectivity index (χ1) is 19.4. The maximum atomic E-state index is 13.7. The highest BCUT2D eigenvalue weighted by atomic mass is 35.5. The number of aliphatic hydroxyl groups is 1. The molecule has 0 aliphatic heterocycles. The zero-order valence-corrected chi connectivity index (χ0v) is 24.1. The van der Waals surface area contributed by atoms with Crippen molar-refractivity contribution in [1.29, 1.82) is 0 Å². The summed E-state index contributed by atoms with van der Waals surface area (Å²) in [6.45, 7) is 3.85. The number of ether oxygens (including phenoxy) is 2. The first-order valence-corrected chi connectivity index (χ1v) is 13.0. The summed E-state index contributed by atoms with van der Waals surface area (Å²) in [5.41, 5.74) is 0.575. The lowest BCUT2D eigenvalue weighted by Crippen LogP contribution is -2.18. The van der Waals surface area contributed by atoms with Gasteiger partial charge in [0.2, 0.25) is 5.91 Å². The zero-order valence-electron chi connectivity index (χ0n) is 23.3. The van der Waals surface area contributed by atoms with Crippen LogP contribution >= 0.6 is 11.6 Å². The average Bonchev–Trinajstić information content (AvgIpc) is 2.89. The maximum Gasteiger partial charge on any atom is 0.248 e. The minimum Gasteiger partial charge on any atom is -0.494 e. The Bertz CT molecular complexity index is 1600. The summed E-state index contributed by atoms with van der Waals surface area (Å²) in [5, 5.41) is 17.9. The number of amides is 1. The van der Waals surface area contributed by atoms with Crippen LogP contribution < -0.4 is 20.1 Å². The van der Waals surface area contributed by atoms with Gasteiger partial charge in [-0.1, -0.05) is 23.7 Å². The molecule has 1 amide bonds. The Kier molecular flexibility index (Phi) is 9.07. The van der Waals surface area contributed by atoms with Gasteiger partial charge >= 0.3 is 0 Å². The molecule has 4 rings (SSSR count). The monoisotopic (exact) mass is 579 g/mol. The van der Waals surface area contributed by atoms with Crippen LogP contribution in [0, 0.1) is 5.82 Å². The first kappa shape index (κ1) is 29.7. The van der Waals surface area contributed by atoms with E-state index in [0.29, 0.717) is 46.0 Å². The van der Waals surface area contributed by atoms with Crippen LogP contribution in [0.2, 0.25) is 5.02 Å². The van der Waals surface area contributed by atoms with E-state index >= 15 is 0 Å². The highest BCUT2D eigenvalue weighted by Crippen LogP contribution is 2.41. The Morgan fingerprint density at radius 3 is 2.59 bits per heavy atom. The van der Waals surface area contributed by atoms with Crippen LogP contribution in [-0.4, -0.2) is 53.6 Å². The summed E-state index contributed by atoms with van der Waals surface area (Å²) in [6.07, 6.45) is 4.59. The van der Waals surface area contributed by atoms with E-state index in [1.807, 2.05) is 19.0 Å². The normalized spacial score (nSPS) is 11.7. The van der Waals surface area contributed by atoms with E-state index < -0.39 is 11.4 Å². The predicted molar refractivity (Wildman–Crippen MR) is 159 cm³/mol. The van der Waals surface area contributed by atoms with Gasteiger partial charge in [0.1, 0.15) is 35.2 Å². The molecule has 214 valence electrons. The fourth-order valence-electron chi connectivity index (χ4n) is 4.02. The number of benzene rings is 3. The molecule has 0 bridgehead atoms. The number of likely N-dealkylation sites (N-methyl/N-ethyl adjacent to an activating group) is 1. The number of anilines is 3. The van der Waals surface area contributed by atoms with E-state index in [2.05, 4.69) is 20.6 Å². The first-order valence-electron chi connectivity index (χ1n) is 12.7. The molecule has 0 saturated carbocycles. The third-order valence-electron chi connectivity index (χ3n) is 5.96. The third-order valence-corrected chi connectivity index (χ3v) is 6.26. The number of hydrogen-bond acceptors (Lipinski definition) is 8. The molecule has 0 spiro atoms. The standard InChI is InChI=1S/C30H31ClFN5O4/c1-30(2,39)21-14-26(41-19-9-6-8-18(32)12-19)22(31)15-24(21)36-29-20-13-25(35-28(38)10-7-11-37(3)4)27(40-5)16-23(20)33-17-34-29/h6-10,12-17,39H,11H2,1-5H3,(H,35,38)(H,33,34,36)/b10-7+. The van der Waals surface area contributed by atoms with Crippen molar-refractivity contribution in [3.63, 3.8) is 0 Å². The molecule has 0 unspecified atom stereocenters. The second-order valence-corrected chi connectivity index (χ2v) is 10.4. The van der Waals surface area contributed by atoms with Crippen molar-refractivity contribution in [2.45, 2.75) is 19.4 Å². The van der Waals surface area contributed by atoms with Gasteiger partial charge in [0, 0.05) is 41.4 Å². The summed E-state index contributed by atoms with van der Waals surface area (Å²) in [4.78, 5) is 23.2. The molecule has 0 aliphatic rings. The van der Waals surface area contributed by atoms with Crippen molar-refractivity contribution in [3.05, 3.63) is 83.4 Å². The number of nitrogens with zero attached hydrogens (tertiary/aromatic N) is 3. The molecule has 0 fully saturated rings. The highest BCUT2D eigenvalue weighted by molar-refractivity contribution is 6.32. The lowest BCUT2D eigenvalue weighted by Gasteiger charge is -2.24. The Morgan fingerprint density at radius 2 is 1.90 bits per heavy atom. The third kappa shape index (κ3) is 7.49. The SMILES string of the molecule is COc1cc2ncnc(Nc3cc(Cl)c(Oc4cccc(F)c4)cc3C(C)(C)O)c2cc1NC(=O)/C=C/CN(C)C. The summed E-state index contributed by atoms with van der Waals surface area (Å²) in [7, 11) is 5.32. The second-order valence-electron chi connectivity index (χ2n) is 10.0. The molecule has 1 aromatic heterocycles. The minimum absolute atomic E-state index is 0.224. The van der Waals surface area contributed by atoms with Crippen molar-refractivity contribution in [3.8, 4) is 17.2 Å². The lowest BCUT2D eigenvalue weighted by atomic mass is 9.96. The topological polar surface area (TPSA) is 109 Å². The molecule has 3 aromatic carbocycles. The van der Waals surface area contributed by atoms with Crippen LogP contribution in [0.3, 0.4) is 0 Å². The quantitative estimate of drug-likeness (QED) is 0.189. The molecular formula is C30H31ClFN5O4. The van der Waals surface area contributed by atoms with E-state index in [4.69, 9.17) is 21.1 Å². The number of fused-ring (bicyclic) bond motifs is 1. The Hall–Kier alpha value is -4.25. The number of halogens is 2. The molecule has 9 nitrogen and oxygen atoms in total. The number of hydrogen-bond donors (Lipinski definition) is 3. The number of nitrogens with one attached hydrogen (secondary N) is 2. The van der Waals surface area contributed by atoms with Gasteiger partial charge in [0.05, 0.1) is 28.9 Å². The molecule has 3 N–H and O–H groups in total. The van der Waals surface area contributed by atoms with Gasteiger partial charge < -0.3 is 30.1 Å². The van der Waals surface area contributed by atoms with E-state index in [9.17, 15) is 14.3 Å². The van der Waals surface area contributed by atoms with Crippen LogP contribution in [0.25, 0.3) is 10.9 Å². The molecule has 41 heavy (non-hydrogen) atoms. The van der Waals surface area contributed by atoms with Crippen molar-refractivity contribution < 1.29 is 23.8 Å². The lowest BCUT2D eigenvalue weighted by molar-refractivity contribution is -0.111. The van der Waals surface area contributed by atoms with Crippen molar-refractivity contribution in [2.24, 2.45) is 0 Å². The van der Waals surface area contributed by atoms with Gasteiger partial charge in [0.25, 0.3) is 0 Å². The van der Waals surface area contributed by atoms with Gasteiger partial charge in [-0.05, 0) is 58.3 Å². The molecule has 4 aromatic rings. The fraction of sp³-hybridized carbons (Fsp3) is 0.233. The van der Waals surface area contributed by atoms with E-state index in [-0.39, 0.29) is 22.4 Å². The summed E-state index contributed by atoms with van der Waals surface area (Å²) < 4.78 is 25.0.